The van der Waals surface area contributed by atoms with Gasteiger partial charge in [-0.15, -0.1) is 12.4 Å². The van der Waals surface area contributed by atoms with Crippen molar-refractivity contribution in [2.45, 2.75) is 32.9 Å². The van der Waals surface area contributed by atoms with Gasteiger partial charge in [-0.25, -0.2) is 0 Å². The van der Waals surface area contributed by atoms with Crippen LogP contribution in [0.15, 0.2) is 24.3 Å². The lowest BCUT2D eigenvalue weighted by molar-refractivity contribution is -0.129. The topological polar surface area (TPSA) is 70.7 Å². The number of carbonyl (C=O) groups is 2. The number of hydrogen-bond acceptors (Lipinski definition) is 4. The molecule has 24 heavy (non-hydrogen) atoms. The first-order valence-electron chi connectivity index (χ1n) is 8.04. The van der Waals surface area contributed by atoms with Crippen molar-refractivity contribution in [3.05, 3.63) is 29.8 Å². The largest absolute Gasteiger partial charge is 0.378 e. The highest BCUT2D eigenvalue weighted by molar-refractivity contribution is 5.92. The Kier molecular flexibility index (Phi) is 8.74. The predicted octanol–water partition coefficient (Wildman–Crippen LogP) is 1.79. The van der Waals surface area contributed by atoms with Crippen molar-refractivity contribution < 1.29 is 14.3 Å². The monoisotopic (exact) mass is 355 g/mol. The molecule has 2 amide bonds. The van der Waals surface area contributed by atoms with E-state index >= 15 is 0 Å². The number of ether oxygens (including phenoxy) is 1. The van der Waals surface area contributed by atoms with Gasteiger partial charge in [0.1, 0.15) is 0 Å². The normalized spacial score (nSPS) is 16.8. The molecule has 0 saturated carbocycles. The number of morpholine rings is 1. The van der Waals surface area contributed by atoms with Crippen molar-refractivity contribution >= 4 is 29.9 Å². The first kappa shape index (κ1) is 20.4. The fourth-order valence-corrected chi connectivity index (χ4v) is 2.61. The van der Waals surface area contributed by atoms with E-state index in [9.17, 15) is 9.59 Å². The number of rotatable bonds is 6. The summed E-state index contributed by atoms with van der Waals surface area (Å²) < 4.78 is 5.36. The highest BCUT2D eigenvalue weighted by Gasteiger charge is 2.18. The van der Waals surface area contributed by atoms with Crippen LogP contribution < -0.4 is 10.6 Å². The summed E-state index contributed by atoms with van der Waals surface area (Å²) in [6.07, 6.45) is 0.374. The fourth-order valence-electron chi connectivity index (χ4n) is 2.61. The quantitative estimate of drug-likeness (QED) is 0.816. The maximum Gasteiger partial charge on any atom is 0.226 e. The molecule has 2 rings (SSSR count). The molecule has 1 saturated heterocycles. The van der Waals surface area contributed by atoms with Crippen molar-refractivity contribution in [1.29, 1.82) is 0 Å². The number of amides is 2. The summed E-state index contributed by atoms with van der Waals surface area (Å²) in [5.41, 5.74) is 1.69. The maximum atomic E-state index is 12.2. The van der Waals surface area contributed by atoms with E-state index in [1.807, 2.05) is 31.2 Å². The SMILES string of the molecule is CCN(Cc1ccccc1NC(=O)CC1COCCN1)C(C)=O.Cl. The highest BCUT2D eigenvalue weighted by Crippen LogP contribution is 2.18. The Balaban J connectivity index is 0.00000288. The van der Waals surface area contributed by atoms with E-state index in [-0.39, 0.29) is 30.3 Å². The number of nitrogens with zero attached hydrogens (tertiary/aromatic N) is 1. The van der Waals surface area contributed by atoms with Crippen molar-refractivity contribution in [1.82, 2.24) is 10.2 Å². The van der Waals surface area contributed by atoms with Crippen LogP contribution in [0.5, 0.6) is 0 Å². The molecule has 0 aromatic heterocycles. The zero-order valence-corrected chi connectivity index (χ0v) is 15.0. The number of para-hydroxylation sites is 1. The molecule has 1 aromatic rings. The minimum atomic E-state index is -0.0497. The molecule has 134 valence electrons. The summed E-state index contributed by atoms with van der Waals surface area (Å²) >= 11 is 0. The van der Waals surface area contributed by atoms with E-state index in [1.54, 1.807) is 11.8 Å². The van der Waals surface area contributed by atoms with Gasteiger partial charge in [0.2, 0.25) is 11.8 Å². The van der Waals surface area contributed by atoms with Gasteiger partial charge < -0.3 is 20.3 Å². The summed E-state index contributed by atoms with van der Waals surface area (Å²) in [5, 5.41) is 6.22. The van der Waals surface area contributed by atoms with E-state index in [4.69, 9.17) is 4.74 Å². The second kappa shape index (κ2) is 10.3. The molecule has 0 aliphatic carbocycles. The van der Waals surface area contributed by atoms with Crippen molar-refractivity contribution in [3.8, 4) is 0 Å². The van der Waals surface area contributed by atoms with Gasteiger partial charge in [-0.1, -0.05) is 18.2 Å². The van der Waals surface area contributed by atoms with Crippen molar-refractivity contribution in [2.75, 3.05) is 31.6 Å². The molecule has 1 unspecified atom stereocenters. The Morgan fingerprint density at radius 2 is 2.12 bits per heavy atom. The van der Waals surface area contributed by atoms with Gasteiger partial charge in [0.15, 0.2) is 0 Å². The number of carbonyl (C=O) groups excluding carboxylic acids is 2. The van der Waals surface area contributed by atoms with E-state index in [0.717, 1.165) is 17.8 Å². The van der Waals surface area contributed by atoms with Crippen molar-refractivity contribution in [2.24, 2.45) is 0 Å². The second-order valence-corrected chi connectivity index (χ2v) is 5.67. The molecular formula is C17H26ClN3O3. The summed E-state index contributed by atoms with van der Waals surface area (Å²) in [4.78, 5) is 25.6. The van der Waals surface area contributed by atoms with Crippen LogP contribution in [0, 0.1) is 0 Å². The third kappa shape index (κ3) is 6.11. The molecule has 2 N–H and O–H groups in total. The molecule has 0 bridgehead atoms. The average molecular weight is 356 g/mol. The van der Waals surface area contributed by atoms with Crippen LogP contribution in [-0.4, -0.2) is 49.1 Å². The Morgan fingerprint density at radius 1 is 1.38 bits per heavy atom. The average Bonchev–Trinajstić information content (AvgIpc) is 2.54. The number of benzene rings is 1. The maximum absolute atomic E-state index is 12.2. The number of nitrogens with one attached hydrogen (secondary N) is 2. The van der Waals surface area contributed by atoms with Crippen LogP contribution in [0.25, 0.3) is 0 Å². The van der Waals surface area contributed by atoms with Crippen LogP contribution in [-0.2, 0) is 20.9 Å². The van der Waals surface area contributed by atoms with Gasteiger partial charge in [0.05, 0.1) is 13.2 Å². The molecule has 7 heteroatoms. The molecule has 1 heterocycles. The summed E-state index contributed by atoms with van der Waals surface area (Å²) in [5.74, 6) is -0.0245. The highest BCUT2D eigenvalue weighted by atomic mass is 35.5. The smallest absolute Gasteiger partial charge is 0.226 e. The van der Waals surface area contributed by atoms with E-state index in [2.05, 4.69) is 10.6 Å². The van der Waals surface area contributed by atoms with Crippen LogP contribution in [0.2, 0.25) is 0 Å². The molecule has 0 radical (unpaired) electrons. The Morgan fingerprint density at radius 3 is 2.75 bits per heavy atom. The third-order valence-corrected chi connectivity index (χ3v) is 3.91. The van der Waals surface area contributed by atoms with Gasteiger partial charge in [-0.05, 0) is 18.6 Å². The lowest BCUT2D eigenvalue weighted by Crippen LogP contribution is -2.43. The lowest BCUT2D eigenvalue weighted by Gasteiger charge is -2.24. The van der Waals surface area contributed by atoms with Gasteiger partial charge in [0.25, 0.3) is 0 Å². The van der Waals surface area contributed by atoms with E-state index < -0.39 is 0 Å². The van der Waals surface area contributed by atoms with Gasteiger partial charge in [-0.3, -0.25) is 9.59 Å². The molecule has 0 spiro atoms. The first-order chi connectivity index (χ1) is 11.1. The molecule has 1 atom stereocenters. The standard InChI is InChI=1S/C17H25N3O3.ClH/c1-3-20(13(2)21)11-14-6-4-5-7-16(14)19-17(22)10-15-12-23-9-8-18-15;/h4-7,15,18H,3,8-12H2,1-2H3,(H,19,22);1H. The minimum absolute atomic E-state index is 0. The lowest BCUT2D eigenvalue weighted by atomic mass is 10.1. The Hall–Kier alpha value is -1.63. The molecular weight excluding hydrogens is 330 g/mol. The van der Waals surface area contributed by atoms with Crippen LogP contribution in [0.3, 0.4) is 0 Å². The number of halogens is 1. The first-order valence-corrected chi connectivity index (χ1v) is 8.04. The minimum Gasteiger partial charge on any atom is -0.378 e. The summed E-state index contributed by atoms with van der Waals surface area (Å²) in [6.45, 7) is 6.66. The van der Waals surface area contributed by atoms with Crippen molar-refractivity contribution in [3.63, 3.8) is 0 Å². The molecule has 1 aliphatic heterocycles. The van der Waals surface area contributed by atoms with E-state index in [1.165, 1.54) is 0 Å². The van der Waals surface area contributed by atoms with Gasteiger partial charge in [0, 0.05) is 44.7 Å². The zero-order chi connectivity index (χ0) is 16.7. The predicted molar refractivity (Wildman–Crippen MR) is 96.3 cm³/mol. The summed E-state index contributed by atoms with van der Waals surface area (Å²) in [7, 11) is 0. The number of hydrogen-bond donors (Lipinski definition) is 2. The molecule has 6 nitrogen and oxygen atoms in total. The fraction of sp³-hybridized carbons (Fsp3) is 0.529. The van der Waals surface area contributed by atoms with Crippen LogP contribution in [0.1, 0.15) is 25.8 Å². The van der Waals surface area contributed by atoms with Crippen LogP contribution in [0.4, 0.5) is 5.69 Å². The Bertz CT molecular complexity index is 548. The third-order valence-electron chi connectivity index (χ3n) is 3.91. The summed E-state index contributed by atoms with van der Waals surface area (Å²) in [6, 6.07) is 7.65. The van der Waals surface area contributed by atoms with Crippen LogP contribution >= 0.6 is 12.4 Å². The molecule has 1 fully saturated rings. The Labute approximate surface area is 149 Å². The van der Waals surface area contributed by atoms with Gasteiger partial charge >= 0.3 is 0 Å². The second-order valence-electron chi connectivity index (χ2n) is 5.67. The van der Waals surface area contributed by atoms with E-state index in [0.29, 0.717) is 32.7 Å². The number of anilines is 1. The zero-order valence-electron chi connectivity index (χ0n) is 14.2. The molecule has 1 aromatic carbocycles. The van der Waals surface area contributed by atoms with Gasteiger partial charge in [-0.2, -0.15) is 0 Å². The molecule has 1 aliphatic rings.